The van der Waals surface area contributed by atoms with Crippen molar-refractivity contribution in [1.82, 2.24) is 4.90 Å². The van der Waals surface area contributed by atoms with Gasteiger partial charge in [-0.25, -0.2) is 0 Å². The van der Waals surface area contributed by atoms with Gasteiger partial charge in [0.25, 0.3) is 5.91 Å². The number of hydrogen-bond donors (Lipinski definition) is 1. The minimum absolute atomic E-state index is 0.229. The third-order valence-electron chi connectivity index (χ3n) is 9.27. The zero-order chi connectivity index (χ0) is 31.8. The average molecular weight is 602 g/mol. The second-order valence-electron chi connectivity index (χ2n) is 12.0. The monoisotopic (exact) mass is 601 g/mol. The fourth-order valence-corrected chi connectivity index (χ4v) is 7.33. The largest absolute Gasteiger partial charge is 0.494 e. The topological polar surface area (TPSA) is 99.6 Å². The second-order valence-corrected chi connectivity index (χ2v) is 12.0. The van der Waals surface area contributed by atoms with Crippen LogP contribution in [0.15, 0.2) is 67.8 Å². The molecule has 234 valence electrons. The number of nitrogens with zero attached hydrogens (tertiary/aromatic N) is 3. The van der Waals surface area contributed by atoms with Crippen molar-refractivity contribution in [3.05, 3.63) is 78.9 Å². The summed E-state index contributed by atoms with van der Waals surface area (Å²) in [7, 11) is 0. The summed E-state index contributed by atoms with van der Waals surface area (Å²) in [5, 5.41) is 10.3. The van der Waals surface area contributed by atoms with E-state index in [9.17, 15) is 19.5 Å². The van der Waals surface area contributed by atoms with E-state index in [0.29, 0.717) is 30.9 Å². The summed E-state index contributed by atoms with van der Waals surface area (Å²) in [5.41, 5.74) is 2.09. The Balaban J connectivity index is 1.56. The van der Waals surface area contributed by atoms with E-state index < -0.39 is 35.6 Å². The fourth-order valence-electron chi connectivity index (χ4n) is 7.33. The Morgan fingerprint density at radius 1 is 1.11 bits per heavy atom. The normalized spacial score (nSPS) is 25.8. The van der Waals surface area contributed by atoms with Gasteiger partial charge in [0, 0.05) is 24.5 Å². The Morgan fingerprint density at radius 3 is 2.43 bits per heavy atom. The van der Waals surface area contributed by atoms with Crippen LogP contribution in [-0.2, 0) is 19.1 Å². The first-order valence-corrected chi connectivity index (χ1v) is 15.4. The number of aliphatic hydroxyl groups excluding tert-OH is 1. The molecule has 3 heterocycles. The average Bonchev–Trinajstić information content (AvgIpc) is 3.67. The van der Waals surface area contributed by atoms with Gasteiger partial charge in [-0.1, -0.05) is 24.3 Å². The van der Waals surface area contributed by atoms with E-state index in [-0.39, 0.29) is 37.4 Å². The molecule has 6 atom stereocenters. The van der Waals surface area contributed by atoms with E-state index in [1.54, 1.807) is 28.9 Å². The SMILES string of the molecule is C=CCN(C(=O)[C@@H]1[C@@H]2CCC3(O2)C(C(=O)N(CC=C)c2cc(C)ccc2C)N([C@H](C)CO)C(=O)[C@H]13)c1ccc(OCC)cc1. The van der Waals surface area contributed by atoms with E-state index in [4.69, 9.17) is 9.47 Å². The van der Waals surface area contributed by atoms with Crippen molar-refractivity contribution in [2.45, 2.75) is 64.3 Å². The number of amides is 3. The van der Waals surface area contributed by atoms with Crippen LogP contribution in [0.3, 0.4) is 0 Å². The van der Waals surface area contributed by atoms with Gasteiger partial charge in [-0.05, 0) is 82.0 Å². The lowest BCUT2D eigenvalue weighted by Crippen LogP contribution is -2.58. The number of likely N-dealkylation sites (tertiary alicyclic amines) is 1. The van der Waals surface area contributed by atoms with Crippen molar-refractivity contribution >= 4 is 29.1 Å². The third-order valence-corrected chi connectivity index (χ3v) is 9.27. The number of aryl methyl sites for hydroxylation is 2. The molecular formula is C35H43N3O6. The molecule has 44 heavy (non-hydrogen) atoms. The minimum Gasteiger partial charge on any atom is -0.494 e. The molecule has 0 radical (unpaired) electrons. The number of aliphatic hydroxyl groups is 1. The van der Waals surface area contributed by atoms with E-state index in [2.05, 4.69) is 13.2 Å². The van der Waals surface area contributed by atoms with Gasteiger partial charge >= 0.3 is 0 Å². The van der Waals surface area contributed by atoms with Gasteiger partial charge in [-0.15, -0.1) is 13.2 Å². The zero-order valence-corrected chi connectivity index (χ0v) is 26.1. The highest BCUT2D eigenvalue weighted by atomic mass is 16.5. The van der Waals surface area contributed by atoms with Crippen LogP contribution in [0.2, 0.25) is 0 Å². The highest BCUT2D eigenvalue weighted by Crippen LogP contribution is 2.59. The number of carbonyl (C=O) groups is 3. The number of fused-ring (bicyclic) bond motifs is 1. The number of benzene rings is 2. The first-order valence-electron chi connectivity index (χ1n) is 15.4. The number of anilines is 2. The number of rotatable bonds is 12. The van der Waals surface area contributed by atoms with Crippen LogP contribution in [0, 0.1) is 25.7 Å². The van der Waals surface area contributed by atoms with Gasteiger partial charge in [0.15, 0.2) is 0 Å². The summed E-state index contributed by atoms with van der Waals surface area (Å²) in [6.07, 6.45) is 3.80. The molecule has 3 aliphatic rings. The predicted molar refractivity (Wildman–Crippen MR) is 170 cm³/mol. The van der Waals surface area contributed by atoms with Gasteiger partial charge in [-0.2, -0.15) is 0 Å². The quantitative estimate of drug-likeness (QED) is 0.366. The van der Waals surface area contributed by atoms with Crippen LogP contribution in [0.5, 0.6) is 5.75 Å². The van der Waals surface area contributed by atoms with Crippen molar-refractivity contribution in [3.63, 3.8) is 0 Å². The van der Waals surface area contributed by atoms with Gasteiger partial charge in [0.1, 0.15) is 17.4 Å². The molecule has 0 saturated carbocycles. The standard InChI is InChI=1S/C35H43N3O6/c1-7-18-36(25-12-14-26(15-13-25)43-9-3)32(40)29-28-16-17-35(44-28)30(29)33(41)38(24(6)21-39)31(35)34(42)37(19-8-2)27-20-22(4)10-11-23(27)5/h7-8,10-15,20,24,28-31,39H,1-2,9,16-19,21H2,3-6H3/t24-,28+,29-,30+,31?,35?/m1/s1. The summed E-state index contributed by atoms with van der Waals surface area (Å²) in [6.45, 7) is 15.9. The lowest BCUT2D eigenvalue weighted by Gasteiger charge is -2.38. The number of carbonyl (C=O) groups excluding carboxylic acids is 3. The molecule has 5 rings (SSSR count). The molecule has 3 fully saturated rings. The Bertz CT molecular complexity index is 1440. The van der Waals surface area contributed by atoms with Gasteiger partial charge < -0.3 is 29.3 Å². The Hall–Kier alpha value is -3.95. The predicted octanol–water partition coefficient (Wildman–Crippen LogP) is 4.20. The van der Waals surface area contributed by atoms with Gasteiger partial charge in [-0.3, -0.25) is 14.4 Å². The Kier molecular flexibility index (Phi) is 9.00. The number of hydrogen-bond acceptors (Lipinski definition) is 6. The molecule has 0 aliphatic carbocycles. The number of ether oxygens (including phenoxy) is 2. The summed E-state index contributed by atoms with van der Waals surface area (Å²) in [6, 6.07) is 11.5. The molecular weight excluding hydrogens is 558 g/mol. The molecule has 3 saturated heterocycles. The van der Waals surface area contributed by atoms with Crippen molar-refractivity contribution < 1.29 is 29.0 Å². The van der Waals surface area contributed by atoms with Crippen molar-refractivity contribution in [2.24, 2.45) is 11.8 Å². The van der Waals surface area contributed by atoms with Crippen LogP contribution in [-0.4, -0.2) is 77.8 Å². The maximum atomic E-state index is 14.7. The van der Waals surface area contributed by atoms with E-state index in [1.807, 2.05) is 63.2 Å². The summed E-state index contributed by atoms with van der Waals surface area (Å²) in [5.74, 6) is -1.86. The van der Waals surface area contributed by atoms with Crippen molar-refractivity contribution in [3.8, 4) is 5.75 Å². The Labute approximate surface area is 259 Å². The van der Waals surface area contributed by atoms with Crippen molar-refractivity contribution in [1.29, 1.82) is 0 Å². The lowest BCUT2D eigenvalue weighted by molar-refractivity contribution is -0.143. The minimum atomic E-state index is -1.20. The maximum Gasteiger partial charge on any atom is 0.253 e. The zero-order valence-electron chi connectivity index (χ0n) is 26.1. The molecule has 9 nitrogen and oxygen atoms in total. The molecule has 2 unspecified atom stereocenters. The van der Waals surface area contributed by atoms with E-state index >= 15 is 0 Å². The van der Waals surface area contributed by atoms with E-state index in [1.165, 1.54) is 4.90 Å². The lowest BCUT2D eigenvalue weighted by atomic mass is 9.70. The Morgan fingerprint density at radius 2 is 1.80 bits per heavy atom. The smallest absolute Gasteiger partial charge is 0.253 e. The molecule has 3 amide bonds. The van der Waals surface area contributed by atoms with Crippen LogP contribution < -0.4 is 14.5 Å². The second kappa shape index (κ2) is 12.6. The highest BCUT2D eigenvalue weighted by Gasteiger charge is 2.75. The molecule has 2 aromatic rings. The summed E-state index contributed by atoms with van der Waals surface area (Å²) >= 11 is 0. The van der Waals surface area contributed by atoms with Crippen LogP contribution in [0.4, 0.5) is 11.4 Å². The molecule has 3 aliphatic heterocycles. The first kappa shape index (κ1) is 31.5. The fraction of sp³-hybridized carbons (Fsp3) is 0.457. The molecule has 9 heteroatoms. The van der Waals surface area contributed by atoms with Crippen molar-refractivity contribution in [2.75, 3.05) is 36.1 Å². The molecule has 1 N–H and O–H groups in total. The van der Waals surface area contributed by atoms with Crippen LogP contribution >= 0.6 is 0 Å². The molecule has 1 spiro atoms. The first-order chi connectivity index (χ1) is 21.1. The third kappa shape index (κ3) is 5.12. The molecule has 2 aromatic carbocycles. The van der Waals surface area contributed by atoms with Gasteiger partial charge in [0.05, 0.1) is 37.2 Å². The summed E-state index contributed by atoms with van der Waals surface area (Å²) < 4.78 is 12.2. The highest BCUT2D eigenvalue weighted by molar-refractivity contribution is 6.07. The summed E-state index contributed by atoms with van der Waals surface area (Å²) in [4.78, 5) is 48.3. The van der Waals surface area contributed by atoms with Crippen LogP contribution in [0.1, 0.15) is 37.8 Å². The maximum absolute atomic E-state index is 14.7. The van der Waals surface area contributed by atoms with E-state index in [0.717, 1.165) is 16.8 Å². The van der Waals surface area contributed by atoms with Crippen LogP contribution in [0.25, 0.3) is 0 Å². The van der Waals surface area contributed by atoms with Gasteiger partial charge in [0.2, 0.25) is 11.8 Å². The molecule has 0 aromatic heterocycles. The molecule has 2 bridgehead atoms.